The van der Waals surface area contributed by atoms with Crippen LogP contribution in [0.4, 0.5) is 0 Å². The molecule has 1 heterocycles. The van der Waals surface area contributed by atoms with Crippen LogP contribution in [0.3, 0.4) is 0 Å². The van der Waals surface area contributed by atoms with E-state index in [1.165, 1.54) is 6.42 Å². The molecule has 0 saturated heterocycles. The third-order valence-corrected chi connectivity index (χ3v) is 3.80. The molecule has 1 aliphatic rings. The molecule has 0 amide bonds. The molecule has 1 aromatic rings. The van der Waals surface area contributed by atoms with E-state index < -0.39 is 0 Å². The molecule has 1 N–H and O–H groups in total. The normalized spacial score (nSPS) is 24.3. The van der Waals surface area contributed by atoms with E-state index in [9.17, 15) is 5.11 Å². The Labute approximate surface area is 115 Å². The van der Waals surface area contributed by atoms with Gasteiger partial charge in [0.15, 0.2) is 0 Å². The van der Waals surface area contributed by atoms with Crippen LogP contribution in [0.25, 0.3) is 0 Å². The highest BCUT2D eigenvalue weighted by Gasteiger charge is 2.24. The summed E-state index contributed by atoms with van der Waals surface area (Å²) in [5.41, 5.74) is 0. The van der Waals surface area contributed by atoms with Gasteiger partial charge < -0.3 is 9.52 Å². The van der Waals surface area contributed by atoms with Crippen molar-refractivity contribution in [2.75, 3.05) is 13.6 Å². The van der Waals surface area contributed by atoms with Crippen molar-refractivity contribution in [1.82, 2.24) is 15.1 Å². The average molecular weight is 267 g/mol. The van der Waals surface area contributed by atoms with Crippen LogP contribution < -0.4 is 0 Å². The number of aliphatic hydroxyl groups excluding tert-OH is 1. The van der Waals surface area contributed by atoms with Gasteiger partial charge in [0.1, 0.15) is 0 Å². The van der Waals surface area contributed by atoms with Crippen LogP contribution in [0, 0.1) is 5.92 Å². The minimum absolute atomic E-state index is 0.148. The smallest absolute Gasteiger partial charge is 0.230 e. The molecule has 2 unspecified atom stereocenters. The van der Waals surface area contributed by atoms with Gasteiger partial charge in [-0.2, -0.15) is 0 Å². The molecule has 0 spiro atoms. The van der Waals surface area contributed by atoms with Gasteiger partial charge in [0, 0.05) is 12.5 Å². The molecule has 5 heteroatoms. The summed E-state index contributed by atoms with van der Waals surface area (Å²) >= 11 is 0. The molecule has 1 fully saturated rings. The lowest BCUT2D eigenvalue weighted by Gasteiger charge is -2.30. The molecule has 1 aromatic heterocycles. The van der Waals surface area contributed by atoms with Crippen LogP contribution in [0.1, 0.15) is 57.2 Å². The van der Waals surface area contributed by atoms with Gasteiger partial charge in [-0.25, -0.2) is 0 Å². The fourth-order valence-corrected chi connectivity index (χ4v) is 2.66. The molecule has 19 heavy (non-hydrogen) atoms. The molecule has 2 rings (SSSR count). The zero-order chi connectivity index (χ0) is 13.8. The van der Waals surface area contributed by atoms with Gasteiger partial charge in [-0.05, 0) is 25.8 Å². The Morgan fingerprint density at radius 3 is 2.68 bits per heavy atom. The molecular weight excluding hydrogens is 242 g/mol. The van der Waals surface area contributed by atoms with E-state index in [1.807, 2.05) is 20.9 Å². The number of aliphatic hydroxyl groups is 1. The number of nitrogens with zero attached hydrogens (tertiary/aromatic N) is 3. The van der Waals surface area contributed by atoms with Crippen LogP contribution in [-0.2, 0) is 6.54 Å². The summed E-state index contributed by atoms with van der Waals surface area (Å²) in [4.78, 5) is 2.16. The first-order valence-corrected chi connectivity index (χ1v) is 7.25. The summed E-state index contributed by atoms with van der Waals surface area (Å²) in [7, 11) is 2.04. The topological polar surface area (TPSA) is 62.4 Å². The van der Waals surface area contributed by atoms with E-state index in [0.29, 0.717) is 24.2 Å². The minimum Gasteiger partial charge on any atom is -0.424 e. The van der Waals surface area contributed by atoms with Gasteiger partial charge in [-0.3, -0.25) is 4.90 Å². The van der Waals surface area contributed by atoms with Crippen molar-refractivity contribution in [3.8, 4) is 0 Å². The van der Waals surface area contributed by atoms with Gasteiger partial charge in [-0.1, -0.05) is 26.7 Å². The highest BCUT2D eigenvalue weighted by molar-refractivity contribution is 4.87. The Balaban J connectivity index is 1.84. The fourth-order valence-electron chi connectivity index (χ4n) is 2.66. The van der Waals surface area contributed by atoms with Crippen molar-refractivity contribution >= 4 is 0 Å². The lowest BCUT2D eigenvalue weighted by Crippen LogP contribution is -2.34. The fraction of sp³-hybridized carbons (Fsp3) is 0.857. The van der Waals surface area contributed by atoms with Crippen LogP contribution in [0.5, 0.6) is 0 Å². The summed E-state index contributed by atoms with van der Waals surface area (Å²) in [6, 6.07) is 0. The van der Waals surface area contributed by atoms with Crippen molar-refractivity contribution in [2.24, 2.45) is 5.92 Å². The molecule has 0 radical (unpaired) electrons. The van der Waals surface area contributed by atoms with Crippen LogP contribution >= 0.6 is 0 Å². The first kappa shape index (κ1) is 14.5. The molecular formula is C14H25N3O2. The van der Waals surface area contributed by atoms with E-state index in [1.54, 1.807) is 0 Å². The Hall–Kier alpha value is -0.940. The van der Waals surface area contributed by atoms with Crippen molar-refractivity contribution in [3.05, 3.63) is 11.8 Å². The molecule has 0 aliphatic heterocycles. The molecule has 2 atom stereocenters. The van der Waals surface area contributed by atoms with Gasteiger partial charge in [0.05, 0.1) is 12.6 Å². The van der Waals surface area contributed by atoms with Gasteiger partial charge in [0.25, 0.3) is 0 Å². The zero-order valence-corrected chi connectivity index (χ0v) is 12.2. The van der Waals surface area contributed by atoms with Crippen molar-refractivity contribution in [1.29, 1.82) is 0 Å². The van der Waals surface area contributed by atoms with Gasteiger partial charge >= 0.3 is 0 Å². The summed E-state index contributed by atoms with van der Waals surface area (Å²) in [6.45, 7) is 5.63. The number of hydrogen-bond acceptors (Lipinski definition) is 5. The quantitative estimate of drug-likeness (QED) is 0.886. The minimum atomic E-state index is -0.148. The van der Waals surface area contributed by atoms with Crippen molar-refractivity contribution < 1.29 is 9.52 Å². The first-order chi connectivity index (χ1) is 9.06. The number of rotatable bonds is 5. The van der Waals surface area contributed by atoms with Crippen LogP contribution in [-0.4, -0.2) is 39.9 Å². The van der Waals surface area contributed by atoms with Crippen molar-refractivity contribution in [2.45, 2.75) is 58.1 Å². The van der Waals surface area contributed by atoms with Crippen LogP contribution in [0.2, 0.25) is 0 Å². The second-order valence-electron chi connectivity index (χ2n) is 6.00. The summed E-state index contributed by atoms with van der Waals surface area (Å²) in [5.74, 6) is 2.01. The third kappa shape index (κ3) is 4.01. The maximum Gasteiger partial charge on any atom is 0.230 e. The van der Waals surface area contributed by atoms with E-state index >= 15 is 0 Å². The molecule has 108 valence electrons. The molecule has 1 aliphatic carbocycles. The first-order valence-electron chi connectivity index (χ1n) is 7.25. The van der Waals surface area contributed by atoms with Crippen molar-refractivity contribution in [3.63, 3.8) is 0 Å². The standard InChI is InChI=1S/C14H25N3O2/c1-10(2)14-16-15-13(19-14)9-17(3)8-11-6-4-5-7-12(11)18/h10-12,18H,4-9H2,1-3H3. The third-order valence-electron chi connectivity index (χ3n) is 3.80. The molecule has 0 bridgehead atoms. The summed E-state index contributed by atoms with van der Waals surface area (Å²) in [5, 5.41) is 18.1. The van der Waals surface area contributed by atoms with E-state index in [2.05, 4.69) is 15.1 Å². The van der Waals surface area contributed by atoms with E-state index in [4.69, 9.17) is 4.42 Å². The average Bonchev–Trinajstić information content (AvgIpc) is 2.80. The van der Waals surface area contributed by atoms with Crippen LogP contribution in [0.15, 0.2) is 4.42 Å². The molecule has 1 saturated carbocycles. The Bertz CT molecular complexity index is 392. The van der Waals surface area contributed by atoms with Gasteiger partial charge in [0.2, 0.25) is 11.8 Å². The highest BCUT2D eigenvalue weighted by atomic mass is 16.4. The molecule has 5 nitrogen and oxygen atoms in total. The SMILES string of the molecule is CC(C)c1nnc(CN(C)CC2CCCCC2O)o1. The summed E-state index contributed by atoms with van der Waals surface area (Å²) < 4.78 is 5.61. The Morgan fingerprint density at radius 2 is 2.05 bits per heavy atom. The largest absolute Gasteiger partial charge is 0.424 e. The number of aromatic nitrogens is 2. The number of hydrogen-bond donors (Lipinski definition) is 1. The maximum atomic E-state index is 9.98. The van der Waals surface area contributed by atoms with Gasteiger partial charge in [-0.15, -0.1) is 10.2 Å². The predicted molar refractivity (Wildman–Crippen MR) is 72.7 cm³/mol. The summed E-state index contributed by atoms with van der Waals surface area (Å²) in [6.07, 6.45) is 4.30. The second kappa shape index (κ2) is 6.48. The highest BCUT2D eigenvalue weighted by Crippen LogP contribution is 2.25. The Morgan fingerprint density at radius 1 is 1.32 bits per heavy atom. The van der Waals surface area contributed by atoms with E-state index in [-0.39, 0.29) is 12.0 Å². The maximum absolute atomic E-state index is 9.98. The van der Waals surface area contributed by atoms with E-state index in [0.717, 1.165) is 25.8 Å². The molecule has 0 aromatic carbocycles. The predicted octanol–water partition coefficient (Wildman–Crippen LogP) is 2.18. The zero-order valence-electron chi connectivity index (χ0n) is 12.2. The Kier molecular flexibility index (Phi) is 4.93. The monoisotopic (exact) mass is 267 g/mol. The lowest BCUT2D eigenvalue weighted by molar-refractivity contribution is 0.0487. The second-order valence-corrected chi connectivity index (χ2v) is 6.00. The lowest BCUT2D eigenvalue weighted by atomic mass is 9.86.